The summed E-state index contributed by atoms with van der Waals surface area (Å²) in [6, 6.07) is 6.47. The molecule has 0 aliphatic rings. The third-order valence-corrected chi connectivity index (χ3v) is 3.03. The molecular weight excluding hydrogens is 326 g/mol. The molecule has 0 aliphatic heterocycles. The number of amides is 1. The number of methoxy groups -OCH3 is 2. The van der Waals surface area contributed by atoms with Crippen LogP contribution in [-0.2, 0) is 4.79 Å². The van der Waals surface area contributed by atoms with Crippen molar-refractivity contribution in [3.8, 4) is 17.2 Å². The highest BCUT2D eigenvalue weighted by atomic mass is 16.6. The summed E-state index contributed by atoms with van der Waals surface area (Å²) >= 11 is 0. The number of nitrogens with zero attached hydrogens (tertiary/aromatic N) is 2. The first-order valence-electron chi connectivity index (χ1n) is 7.23. The Morgan fingerprint density at radius 3 is 2.40 bits per heavy atom. The van der Waals surface area contributed by atoms with Gasteiger partial charge in [-0.05, 0) is 24.3 Å². The van der Waals surface area contributed by atoms with E-state index in [1.165, 1.54) is 33.6 Å². The van der Waals surface area contributed by atoms with Gasteiger partial charge in [0.2, 0.25) is 5.75 Å². The molecule has 2 aromatic rings. The topological polar surface area (TPSA) is 99.1 Å². The van der Waals surface area contributed by atoms with Gasteiger partial charge in [-0.1, -0.05) is 0 Å². The largest absolute Gasteiger partial charge is 0.493 e. The molecule has 0 saturated heterocycles. The van der Waals surface area contributed by atoms with Crippen molar-refractivity contribution in [1.82, 2.24) is 10.4 Å². The lowest BCUT2D eigenvalue weighted by atomic mass is 10.2. The van der Waals surface area contributed by atoms with E-state index in [9.17, 15) is 9.59 Å². The fourth-order valence-electron chi connectivity index (χ4n) is 1.95. The summed E-state index contributed by atoms with van der Waals surface area (Å²) in [7, 11) is 2.87. The smallest absolute Gasteiger partial charge is 0.308 e. The Bertz CT molecular complexity index is 765. The molecular formula is C17H17N3O5. The number of nitrogens with one attached hydrogen (secondary N) is 1. The highest BCUT2D eigenvalue weighted by molar-refractivity contribution is 5.94. The lowest BCUT2D eigenvalue weighted by molar-refractivity contribution is -0.132. The molecule has 0 atom stereocenters. The fraction of sp³-hybridized carbons (Fsp3) is 0.176. The molecule has 0 aliphatic carbocycles. The van der Waals surface area contributed by atoms with Crippen LogP contribution in [0.5, 0.6) is 17.2 Å². The van der Waals surface area contributed by atoms with Crippen molar-refractivity contribution in [1.29, 1.82) is 0 Å². The first kappa shape index (κ1) is 17.9. The third kappa shape index (κ3) is 4.77. The van der Waals surface area contributed by atoms with Crippen LogP contribution in [0.3, 0.4) is 0 Å². The first-order chi connectivity index (χ1) is 12.0. The van der Waals surface area contributed by atoms with Crippen LogP contribution < -0.4 is 19.6 Å². The third-order valence-electron chi connectivity index (χ3n) is 3.03. The molecule has 0 fully saturated rings. The van der Waals surface area contributed by atoms with Crippen LogP contribution >= 0.6 is 0 Å². The van der Waals surface area contributed by atoms with Crippen LogP contribution in [0.25, 0.3) is 0 Å². The minimum Gasteiger partial charge on any atom is -0.493 e. The average Bonchev–Trinajstić information content (AvgIpc) is 2.62. The zero-order valence-electron chi connectivity index (χ0n) is 14.0. The Morgan fingerprint density at radius 1 is 1.20 bits per heavy atom. The minimum atomic E-state index is -0.498. The number of esters is 1. The highest BCUT2D eigenvalue weighted by Crippen LogP contribution is 2.38. The van der Waals surface area contributed by atoms with Gasteiger partial charge in [-0.15, -0.1) is 0 Å². The molecule has 1 amide bonds. The van der Waals surface area contributed by atoms with Crippen molar-refractivity contribution in [2.45, 2.75) is 6.92 Å². The van der Waals surface area contributed by atoms with E-state index in [1.54, 1.807) is 30.5 Å². The van der Waals surface area contributed by atoms with Crippen molar-refractivity contribution < 1.29 is 23.8 Å². The SMILES string of the molecule is COc1cc(C=NNC(=O)c2cccnc2)cc(OC)c1OC(C)=O. The lowest BCUT2D eigenvalue weighted by Gasteiger charge is -2.13. The molecule has 1 heterocycles. The molecule has 1 aromatic heterocycles. The van der Waals surface area contributed by atoms with Crippen LogP contribution in [0.15, 0.2) is 41.8 Å². The fourth-order valence-corrected chi connectivity index (χ4v) is 1.95. The number of pyridine rings is 1. The number of hydrogen-bond donors (Lipinski definition) is 1. The summed E-state index contributed by atoms with van der Waals surface area (Å²) in [6.07, 6.45) is 4.42. The summed E-state index contributed by atoms with van der Waals surface area (Å²) < 4.78 is 15.5. The van der Waals surface area contributed by atoms with Crippen LogP contribution in [0.4, 0.5) is 0 Å². The summed E-state index contributed by atoms with van der Waals surface area (Å²) in [5.41, 5.74) is 3.36. The Balaban J connectivity index is 2.19. The van der Waals surface area contributed by atoms with Gasteiger partial charge in [0.25, 0.3) is 5.91 Å². The summed E-state index contributed by atoms with van der Waals surface area (Å²) in [6.45, 7) is 1.28. The molecule has 0 unspecified atom stereocenters. The van der Waals surface area contributed by atoms with Gasteiger partial charge in [-0.25, -0.2) is 5.43 Å². The highest BCUT2D eigenvalue weighted by Gasteiger charge is 2.15. The number of benzene rings is 1. The molecule has 25 heavy (non-hydrogen) atoms. The van der Waals surface area contributed by atoms with Crippen LogP contribution in [0.2, 0.25) is 0 Å². The number of rotatable bonds is 6. The van der Waals surface area contributed by atoms with E-state index in [2.05, 4.69) is 15.5 Å². The molecule has 1 aromatic carbocycles. The number of aromatic nitrogens is 1. The van der Waals surface area contributed by atoms with E-state index in [4.69, 9.17) is 14.2 Å². The van der Waals surface area contributed by atoms with Gasteiger partial charge in [0.15, 0.2) is 11.5 Å². The minimum absolute atomic E-state index is 0.175. The monoisotopic (exact) mass is 343 g/mol. The molecule has 8 heteroatoms. The Kier molecular flexibility index (Phi) is 6.05. The van der Waals surface area contributed by atoms with Gasteiger partial charge in [-0.3, -0.25) is 14.6 Å². The Hall–Kier alpha value is -3.42. The Morgan fingerprint density at radius 2 is 1.88 bits per heavy atom. The molecule has 0 radical (unpaired) electrons. The van der Waals surface area contributed by atoms with Gasteiger partial charge in [0.1, 0.15) is 0 Å². The van der Waals surface area contributed by atoms with Gasteiger partial charge in [0, 0.05) is 24.9 Å². The van der Waals surface area contributed by atoms with Gasteiger partial charge < -0.3 is 14.2 Å². The van der Waals surface area contributed by atoms with Crippen molar-refractivity contribution in [2.24, 2.45) is 5.10 Å². The van der Waals surface area contributed by atoms with E-state index in [-0.39, 0.29) is 11.7 Å². The molecule has 2 rings (SSSR count). The normalized spacial score (nSPS) is 10.4. The van der Waals surface area contributed by atoms with Crippen molar-refractivity contribution in [2.75, 3.05) is 14.2 Å². The number of ether oxygens (including phenoxy) is 3. The lowest BCUT2D eigenvalue weighted by Crippen LogP contribution is -2.17. The number of carbonyl (C=O) groups is 2. The second kappa shape index (κ2) is 8.44. The van der Waals surface area contributed by atoms with Crippen molar-refractivity contribution in [3.05, 3.63) is 47.8 Å². The number of hydrazone groups is 1. The van der Waals surface area contributed by atoms with Crippen molar-refractivity contribution >= 4 is 18.1 Å². The number of hydrogen-bond acceptors (Lipinski definition) is 7. The van der Waals surface area contributed by atoms with E-state index < -0.39 is 5.97 Å². The molecule has 0 bridgehead atoms. The van der Waals surface area contributed by atoms with Gasteiger partial charge in [0.05, 0.1) is 26.0 Å². The quantitative estimate of drug-likeness (QED) is 0.371. The summed E-state index contributed by atoms with van der Waals surface area (Å²) in [5.74, 6) is -0.111. The van der Waals surface area contributed by atoms with Gasteiger partial charge >= 0.3 is 5.97 Å². The molecule has 8 nitrogen and oxygen atoms in total. The van der Waals surface area contributed by atoms with Gasteiger partial charge in [-0.2, -0.15) is 5.10 Å². The zero-order chi connectivity index (χ0) is 18.2. The number of carbonyl (C=O) groups excluding carboxylic acids is 2. The van der Waals surface area contributed by atoms with E-state index in [0.717, 1.165) is 0 Å². The first-order valence-corrected chi connectivity index (χ1v) is 7.23. The maximum Gasteiger partial charge on any atom is 0.308 e. The van der Waals surface area contributed by atoms with E-state index in [1.807, 2.05) is 0 Å². The molecule has 130 valence electrons. The molecule has 0 saturated carbocycles. The zero-order valence-corrected chi connectivity index (χ0v) is 14.0. The molecule has 1 N–H and O–H groups in total. The second-order valence-corrected chi connectivity index (χ2v) is 4.79. The van der Waals surface area contributed by atoms with Crippen LogP contribution in [0, 0.1) is 0 Å². The van der Waals surface area contributed by atoms with E-state index in [0.29, 0.717) is 22.6 Å². The van der Waals surface area contributed by atoms with Crippen LogP contribution in [0.1, 0.15) is 22.8 Å². The molecule has 0 spiro atoms. The maximum atomic E-state index is 11.9. The second-order valence-electron chi connectivity index (χ2n) is 4.79. The predicted molar refractivity (Wildman–Crippen MR) is 90.2 cm³/mol. The van der Waals surface area contributed by atoms with E-state index >= 15 is 0 Å². The Labute approximate surface area is 144 Å². The predicted octanol–water partition coefficient (Wildman–Crippen LogP) is 1.79. The summed E-state index contributed by atoms with van der Waals surface area (Å²) in [5, 5.41) is 3.89. The summed E-state index contributed by atoms with van der Waals surface area (Å²) in [4.78, 5) is 27.0. The standard InChI is InChI=1S/C17H17N3O5/c1-11(21)25-16-14(23-2)7-12(8-15(16)24-3)9-19-20-17(22)13-5-4-6-18-10-13/h4-10H,1-3H3,(H,20,22). The maximum absolute atomic E-state index is 11.9. The average molecular weight is 343 g/mol. The van der Waals surface area contributed by atoms with Crippen LogP contribution in [-0.4, -0.2) is 37.3 Å². The van der Waals surface area contributed by atoms with Crippen molar-refractivity contribution in [3.63, 3.8) is 0 Å².